The molecule has 0 saturated heterocycles. The van der Waals surface area contributed by atoms with Crippen LogP contribution < -0.4 is 0 Å². The van der Waals surface area contributed by atoms with Crippen LogP contribution in [-0.2, 0) is 4.79 Å². The second-order valence-corrected chi connectivity index (χ2v) is 3.54. The van der Waals surface area contributed by atoms with Gasteiger partial charge in [-0.3, -0.25) is 0 Å². The molecule has 2 nitrogen and oxygen atoms in total. The van der Waals surface area contributed by atoms with Crippen LogP contribution in [0.15, 0.2) is 12.2 Å². The van der Waals surface area contributed by atoms with Gasteiger partial charge in [-0.1, -0.05) is 26.3 Å². The van der Waals surface area contributed by atoms with Crippen molar-refractivity contribution in [1.82, 2.24) is 0 Å². The fourth-order valence-corrected chi connectivity index (χ4v) is 2.14. The number of rotatable bonds is 3. The molecule has 1 aliphatic rings. The summed E-state index contributed by atoms with van der Waals surface area (Å²) < 4.78 is 0. The van der Waals surface area contributed by atoms with Crippen molar-refractivity contribution in [2.75, 3.05) is 0 Å². The molecule has 0 aromatic carbocycles. The molecule has 0 heterocycles. The van der Waals surface area contributed by atoms with Crippen molar-refractivity contribution in [3.8, 4) is 0 Å². The highest BCUT2D eigenvalue weighted by molar-refractivity contribution is 5.86. The second-order valence-electron chi connectivity index (χ2n) is 3.54. The maximum atomic E-state index is 10.6. The van der Waals surface area contributed by atoms with Gasteiger partial charge in [0, 0.05) is 5.57 Å². The minimum absolute atomic E-state index is 0.243. The van der Waals surface area contributed by atoms with Crippen molar-refractivity contribution in [2.45, 2.75) is 32.6 Å². The first-order valence-electron chi connectivity index (χ1n) is 4.59. The molecule has 2 unspecified atom stereocenters. The van der Waals surface area contributed by atoms with Crippen LogP contribution in [0.1, 0.15) is 32.6 Å². The highest BCUT2D eigenvalue weighted by Crippen LogP contribution is 2.37. The summed E-state index contributed by atoms with van der Waals surface area (Å²) in [5.41, 5.74) is 0.416. The molecule has 0 amide bonds. The Balaban J connectivity index is 2.61. The van der Waals surface area contributed by atoms with Gasteiger partial charge in [-0.25, -0.2) is 4.79 Å². The predicted octanol–water partition coefficient (Wildman–Crippen LogP) is 2.45. The van der Waals surface area contributed by atoms with Gasteiger partial charge in [0.2, 0.25) is 0 Å². The summed E-state index contributed by atoms with van der Waals surface area (Å²) in [7, 11) is 0. The average Bonchev–Trinajstić information content (AvgIpc) is 2.49. The van der Waals surface area contributed by atoms with Crippen molar-refractivity contribution < 1.29 is 9.90 Å². The van der Waals surface area contributed by atoms with Crippen LogP contribution in [0.3, 0.4) is 0 Å². The first-order chi connectivity index (χ1) is 5.66. The van der Waals surface area contributed by atoms with Crippen LogP contribution >= 0.6 is 0 Å². The molecule has 0 aromatic rings. The van der Waals surface area contributed by atoms with Gasteiger partial charge in [-0.2, -0.15) is 0 Å². The molecule has 1 aliphatic carbocycles. The summed E-state index contributed by atoms with van der Waals surface area (Å²) in [6.45, 7) is 5.76. The molecule has 1 fully saturated rings. The van der Waals surface area contributed by atoms with Gasteiger partial charge in [0.15, 0.2) is 0 Å². The Labute approximate surface area is 73.3 Å². The number of carboxylic acid groups (broad SMARTS) is 1. The first-order valence-corrected chi connectivity index (χ1v) is 4.59. The number of carbonyl (C=O) groups is 1. The maximum absolute atomic E-state index is 10.6. The van der Waals surface area contributed by atoms with E-state index in [1.807, 2.05) is 0 Å². The lowest BCUT2D eigenvalue weighted by Crippen LogP contribution is -2.15. The van der Waals surface area contributed by atoms with Crippen molar-refractivity contribution in [1.29, 1.82) is 0 Å². The Morgan fingerprint density at radius 2 is 2.25 bits per heavy atom. The van der Waals surface area contributed by atoms with E-state index in [4.69, 9.17) is 5.11 Å². The minimum atomic E-state index is -0.819. The van der Waals surface area contributed by atoms with Gasteiger partial charge in [0.25, 0.3) is 0 Å². The van der Waals surface area contributed by atoms with E-state index >= 15 is 0 Å². The third-order valence-electron chi connectivity index (χ3n) is 2.91. The monoisotopic (exact) mass is 168 g/mol. The van der Waals surface area contributed by atoms with E-state index in [-0.39, 0.29) is 5.92 Å². The van der Waals surface area contributed by atoms with Crippen LogP contribution in [0, 0.1) is 11.8 Å². The molecular weight excluding hydrogens is 152 g/mol. The van der Waals surface area contributed by atoms with Crippen LogP contribution in [0.2, 0.25) is 0 Å². The highest BCUT2D eigenvalue weighted by Gasteiger charge is 2.30. The summed E-state index contributed by atoms with van der Waals surface area (Å²) >= 11 is 0. The van der Waals surface area contributed by atoms with E-state index in [2.05, 4.69) is 13.5 Å². The Morgan fingerprint density at radius 3 is 2.75 bits per heavy atom. The number of carboxylic acids is 1. The predicted molar refractivity (Wildman–Crippen MR) is 47.9 cm³/mol. The maximum Gasteiger partial charge on any atom is 0.331 e. The molecule has 12 heavy (non-hydrogen) atoms. The Bertz CT molecular complexity index is 196. The van der Waals surface area contributed by atoms with Crippen LogP contribution in [0.4, 0.5) is 0 Å². The molecule has 0 radical (unpaired) electrons. The van der Waals surface area contributed by atoms with E-state index in [9.17, 15) is 4.79 Å². The number of hydrogen-bond donors (Lipinski definition) is 1. The Morgan fingerprint density at radius 1 is 1.58 bits per heavy atom. The quantitative estimate of drug-likeness (QED) is 0.657. The summed E-state index contributed by atoms with van der Waals surface area (Å²) in [5.74, 6) is -0.0125. The largest absolute Gasteiger partial charge is 0.478 e. The van der Waals surface area contributed by atoms with E-state index < -0.39 is 5.97 Å². The Hall–Kier alpha value is -0.790. The standard InChI is InChI=1S/C10H16O2/c1-3-8-5-4-6-9(8)7(2)10(11)12/h8-9H,2-6H2,1H3,(H,11,12). The number of aliphatic carboxylic acids is 1. The van der Waals surface area contributed by atoms with Crippen LogP contribution in [0.25, 0.3) is 0 Å². The van der Waals surface area contributed by atoms with Gasteiger partial charge in [-0.15, -0.1) is 0 Å². The van der Waals surface area contributed by atoms with Crippen molar-refractivity contribution in [3.05, 3.63) is 12.2 Å². The summed E-state index contributed by atoms with van der Waals surface area (Å²) in [5, 5.41) is 8.76. The zero-order chi connectivity index (χ0) is 9.14. The van der Waals surface area contributed by atoms with Crippen molar-refractivity contribution >= 4 is 5.97 Å². The summed E-state index contributed by atoms with van der Waals surface area (Å²) in [4.78, 5) is 10.6. The molecule has 2 heteroatoms. The molecule has 0 aliphatic heterocycles. The molecule has 68 valence electrons. The third-order valence-corrected chi connectivity index (χ3v) is 2.91. The molecule has 0 aromatic heterocycles. The molecule has 1 rings (SSSR count). The lowest BCUT2D eigenvalue weighted by molar-refractivity contribution is -0.133. The zero-order valence-corrected chi connectivity index (χ0v) is 7.55. The van der Waals surface area contributed by atoms with Crippen molar-refractivity contribution in [2.24, 2.45) is 11.8 Å². The zero-order valence-electron chi connectivity index (χ0n) is 7.55. The summed E-state index contributed by atoms with van der Waals surface area (Å²) in [6.07, 6.45) is 4.43. The van der Waals surface area contributed by atoms with Gasteiger partial charge in [-0.05, 0) is 24.7 Å². The SMILES string of the molecule is C=C(C(=O)O)C1CCCC1CC. The Kier molecular flexibility index (Phi) is 2.90. The molecule has 0 bridgehead atoms. The normalized spacial score (nSPS) is 28.8. The molecule has 2 atom stereocenters. The van der Waals surface area contributed by atoms with E-state index in [1.54, 1.807) is 0 Å². The summed E-state index contributed by atoms with van der Waals surface area (Å²) in [6, 6.07) is 0. The molecule has 1 N–H and O–H groups in total. The van der Waals surface area contributed by atoms with Gasteiger partial charge >= 0.3 is 5.97 Å². The van der Waals surface area contributed by atoms with E-state index in [0.29, 0.717) is 11.5 Å². The molecule has 0 spiro atoms. The lowest BCUT2D eigenvalue weighted by atomic mass is 9.88. The smallest absolute Gasteiger partial charge is 0.331 e. The average molecular weight is 168 g/mol. The van der Waals surface area contributed by atoms with Crippen LogP contribution in [0.5, 0.6) is 0 Å². The number of hydrogen-bond acceptors (Lipinski definition) is 1. The first kappa shape index (κ1) is 9.30. The fourth-order valence-electron chi connectivity index (χ4n) is 2.14. The van der Waals surface area contributed by atoms with E-state index in [0.717, 1.165) is 19.3 Å². The van der Waals surface area contributed by atoms with Gasteiger partial charge in [0.1, 0.15) is 0 Å². The van der Waals surface area contributed by atoms with Gasteiger partial charge in [0.05, 0.1) is 0 Å². The van der Waals surface area contributed by atoms with E-state index in [1.165, 1.54) is 6.42 Å². The van der Waals surface area contributed by atoms with Crippen LogP contribution in [-0.4, -0.2) is 11.1 Å². The lowest BCUT2D eigenvalue weighted by Gasteiger charge is -2.17. The molecule has 1 saturated carbocycles. The minimum Gasteiger partial charge on any atom is -0.478 e. The fraction of sp³-hybridized carbons (Fsp3) is 0.700. The third kappa shape index (κ3) is 1.68. The van der Waals surface area contributed by atoms with Gasteiger partial charge < -0.3 is 5.11 Å². The molecular formula is C10H16O2. The van der Waals surface area contributed by atoms with Crippen molar-refractivity contribution in [3.63, 3.8) is 0 Å². The highest BCUT2D eigenvalue weighted by atomic mass is 16.4. The topological polar surface area (TPSA) is 37.3 Å². The second kappa shape index (κ2) is 3.74.